The Labute approximate surface area is 196 Å². The van der Waals surface area contributed by atoms with E-state index in [9.17, 15) is 4.79 Å². The fraction of sp³-hybridized carbons (Fsp3) is 0.360. The standard InChI is InChI=1S/C25H26N4O3S/c1-15(2)32-18-7-8-21-19(13-18)24(28-29(21)23-6-4-5-11-31-23)25-26-10-9-20(27-25)17-12-22(16(3)30)33-14-17/h7-10,12-15,23H,4-6,11H2,1-3H3. The molecule has 5 rings (SSSR count). The van der Waals surface area contributed by atoms with Crippen LogP contribution in [-0.2, 0) is 4.74 Å². The highest BCUT2D eigenvalue weighted by molar-refractivity contribution is 7.12. The average Bonchev–Trinajstić information content (AvgIpc) is 3.45. The molecule has 1 aromatic carbocycles. The van der Waals surface area contributed by atoms with Gasteiger partial charge in [-0.2, -0.15) is 5.10 Å². The van der Waals surface area contributed by atoms with Crippen molar-refractivity contribution < 1.29 is 14.3 Å². The molecule has 4 aromatic rings. The minimum Gasteiger partial charge on any atom is -0.491 e. The van der Waals surface area contributed by atoms with Crippen LogP contribution < -0.4 is 4.74 Å². The number of carbonyl (C=O) groups is 1. The van der Waals surface area contributed by atoms with Crippen LogP contribution >= 0.6 is 11.3 Å². The molecule has 0 amide bonds. The number of ether oxygens (including phenoxy) is 2. The highest BCUT2D eigenvalue weighted by atomic mass is 32.1. The first-order valence-corrected chi connectivity index (χ1v) is 12.1. The van der Waals surface area contributed by atoms with Gasteiger partial charge in [0.25, 0.3) is 0 Å². The zero-order valence-electron chi connectivity index (χ0n) is 18.9. The molecule has 1 unspecified atom stereocenters. The smallest absolute Gasteiger partial charge is 0.181 e. The Morgan fingerprint density at radius 2 is 2.12 bits per heavy atom. The van der Waals surface area contributed by atoms with Gasteiger partial charge in [0.1, 0.15) is 11.4 Å². The van der Waals surface area contributed by atoms with Gasteiger partial charge < -0.3 is 9.47 Å². The van der Waals surface area contributed by atoms with Crippen molar-refractivity contribution in [1.29, 1.82) is 0 Å². The lowest BCUT2D eigenvalue weighted by Gasteiger charge is -2.23. The lowest BCUT2D eigenvalue weighted by molar-refractivity contribution is -0.0365. The first kappa shape index (κ1) is 21.7. The van der Waals surface area contributed by atoms with E-state index >= 15 is 0 Å². The fourth-order valence-electron chi connectivity index (χ4n) is 4.06. The Bertz CT molecular complexity index is 1300. The van der Waals surface area contributed by atoms with Gasteiger partial charge >= 0.3 is 0 Å². The van der Waals surface area contributed by atoms with Crippen LogP contribution in [0.3, 0.4) is 0 Å². The quantitative estimate of drug-likeness (QED) is 0.331. The SMILES string of the molecule is CC(=O)c1cc(-c2ccnc(-c3nn(C4CCCCO4)c4ccc(OC(C)C)cc34)n2)cs1. The topological polar surface area (TPSA) is 79.1 Å². The number of thiophene rings is 1. The molecular formula is C25H26N4O3S. The summed E-state index contributed by atoms with van der Waals surface area (Å²) in [6.45, 7) is 6.32. The van der Waals surface area contributed by atoms with Crippen molar-refractivity contribution >= 4 is 28.0 Å². The minimum absolute atomic E-state index is 0.0513. The van der Waals surface area contributed by atoms with Crippen LogP contribution in [0.25, 0.3) is 33.7 Å². The number of carbonyl (C=O) groups excluding carboxylic acids is 1. The molecule has 1 fully saturated rings. The first-order chi connectivity index (χ1) is 16.0. The lowest BCUT2D eigenvalue weighted by atomic mass is 10.1. The van der Waals surface area contributed by atoms with Crippen LogP contribution in [0.15, 0.2) is 41.9 Å². The Balaban J connectivity index is 1.62. The molecule has 0 N–H and O–H groups in total. The highest BCUT2D eigenvalue weighted by Crippen LogP contribution is 2.34. The summed E-state index contributed by atoms with van der Waals surface area (Å²) in [7, 11) is 0. The van der Waals surface area contributed by atoms with Gasteiger partial charge in [-0.3, -0.25) is 4.79 Å². The molecular weight excluding hydrogens is 436 g/mol. The molecule has 0 bridgehead atoms. The number of ketones is 1. The van der Waals surface area contributed by atoms with E-state index in [-0.39, 0.29) is 18.1 Å². The van der Waals surface area contributed by atoms with Crippen LogP contribution in [-0.4, -0.2) is 38.2 Å². The van der Waals surface area contributed by atoms with Gasteiger partial charge in [0.15, 0.2) is 17.8 Å². The van der Waals surface area contributed by atoms with Gasteiger partial charge in [0.2, 0.25) is 0 Å². The molecule has 1 saturated heterocycles. The van der Waals surface area contributed by atoms with Gasteiger partial charge in [0, 0.05) is 29.1 Å². The number of rotatable bonds is 6. The summed E-state index contributed by atoms with van der Waals surface area (Å²) in [5, 5.41) is 7.80. The van der Waals surface area contributed by atoms with E-state index in [1.54, 1.807) is 13.1 Å². The van der Waals surface area contributed by atoms with E-state index in [0.717, 1.165) is 53.8 Å². The van der Waals surface area contributed by atoms with Crippen molar-refractivity contribution in [3.05, 3.63) is 46.8 Å². The zero-order chi connectivity index (χ0) is 22.9. The molecule has 0 radical (unpaired) electrons. The van der Waals surface area contributed by atoms with Crippen molar-refractivity contribution in [2.75, 3.05) is 6.61 Å². The van der Waals surface area contributed by atoms with Crippen molar-refractivity contribution in [2.24, 2.45) is 0 Å². The van der Waals surface area contributed by atoms with Crippen LogP contribution in [0.5, 0.6) is 5.75 Å². The van der Waals surface area contributed by atoms with Gasteiger partial charge in [0.05, 0.1) is 22.2 Å². The Morgan fingerprint density at radius 3 is 2.85 bits per heavy atom. The number of fused-ring (bicyclic) bond motifs is 1. The van der Waals surface area contributed by atoms with E-state index in [4.69, 9.17) is 19.6 Å². The highest BCUT2D eigenvalue weighted by Gasteiger charge is 2.23. The molecule has 3 aromatic heterocycles. The predicted molar refractivity (Wildman–Crippen MR) is 129 cm³/mol. The van der Waals surface area contributed by atoms with Gasteiger partial charge in [-0.1, -0.05) is 0 Å². The Morgan fingerprint density at radius 1 is 1.24 bits per heavy atom. The van der Waals surface area contributed by atoms with Crippen molar-refractivity contribution in [2.45, 2.75) is 52.4 Å². The van der Waals surface area contributed by atoms with Crippen LogP contribution in [0.4, 0.5) is 0 Å². The molecule has 7 nitrogen and oxygen atoms in total. The maximum Gasteiger partial charge on any atom is 0.181 e. The van der Waals surface area contributed by atoms with Crippen molar-refractivity contribution in [3.63, 3.8) is 0 Å². The number of nitrogens with zero attached hydrogens (tertiary/aromatic N) is 4. The largest absolute Gasteiger partial charge is 0.491 e. The second-order valence-corrected chi connectivity index (χ2v) is 9.39. The molecule has 8 heteroatoms. The van der Waals surface area contributed by atoms with Crippen LogP contribution in [0, 0.1) is 0 Å². The van der Waals surface area contributed by atoms with E-state index in [1.807, 2.05) is 54.2 Å². The summed E-state index contributed by atoms with van der Waals surface area (Å²) >= 11 is 1.42. The molecule has 1 aliphatic rings. The summed E-state index contributed by atoms with van der Waals surface area (Å²) < 4.78 is 13.9. The molecule has 1 atom stereocenters. The lowest BCUT2D eigenvalue weighted by Crippen LogP contribution is -2.19. The summed E-state index contributed by atoms with van der Waals surface area (Å²) in [6, 6.07) is 9.74. The van der Waals surface area contributed by atoms with E-state index in [2.05, 4.69) is 4.98 Å². The third-order valence-corrected chi connectivity index (χ3v) is 6.62. The molecule has 0 spiro atoms. The third kappa shape index (κ3) is 4.41. The van der Waals surface area contributed by atoms with E-state index < -0.39 is 0 Å². The Hall–Kier alpha value is -3.10. The molecule has 4 heterocycles. The number of hydrogen-bond donors (Lipinski definition) is 0. The fourth-order valence-corrected chi connectivity index (χ4v) is 4.86. The second kappa shape index (κ2) is 9.03. The number of Topliss-reactive ketones (excluding diaryl/α,β-unsaturated/α-hetero) is 1. The monoisotopic (exact) mass is 462 g/mol. The Kier molecular flexibility index (Phi) is 5.95. The van der Waals surface area contributed by atoms with Crippen LogP contribution in [0.2, 0.25) is 0 Å². The van der Waals surface area contributed by atoms with Gasteiger partial charge in [-0.05, 0) is 70.4 Å². The van der Waals surface area contributed by atoms with Crippen molar-refractivity contribution in [3.8, 4) is 28.5 Å². The summed E-state index contributed by atoms with van der Waals surface area (Å²) in [6.07, 6.45) is 4.80. The average molecular weight is 463 g/mol. The number of benzene rings is 1. The maximum absolute atomic E-state index is 11.7. The summed E-state index contributed by atoms with van der Waals surface area (Å²) in [5.74, 6) is 1.36. The first-order valence-electron chi connectivity index (χ1n) is 11.2. The minimum atomic E-state index is -0.106. The predicted octanol–water partition coefficient (Wildman–Crippen LogP) is 5.91. The number of hydrogen-bond acceptors (Lipinski definition) is 7. The van der Waals surface area contributed by atoms with Gasteiger partial charge in [-0.25, -0.2) is 14.6 Å². The molecule has 170 valence electrons. The number of aromatic nitrogens is 4. The normalized spacial score (nSPS) is 16.4. The second-order valence-electron chi connectivity index (χ2n) is 8.48. The third-order valence-electron chi connectivity index (χ3n) is 5.59. The zero-order valence-corrected chi connectivity index (χ0v) is 19.8. The molecule has 0 aliphatic carbocycles. The summed E-state index contributed by atoms with van der Waals surface area (Å²) in [4.78, 5) is 21.8. The molecule has 0 saturated carbocycles. The van der Waals surface area contributed by atoms with E-state index in [1.165, 1.54) is 11.3 Å². The van der Waals surface area contributed by atoms with Crippen molar-refractivity contribution in [1.82, 2.24) is 19.7 Å². The van der Waals surface area contributed by atoms with Gasteiger partial charge in [-0.15, -0.1) is 11.3 Å². The molecule has 33 heavy (non-hydrogen) atoms. The van der Waals surface area contributed by atoms with Crippen LogP contribution in [0.1, 0.15) is 55.9 Å². The summed E-state index contributed by atoms with van der Waals surface area (Å²) in [5.41, 5.74) is 3.32. The molecule has 1 aliphatic heterocycles. The van der Waals surface area contributed by atoms with E-state index in [0.29, 0.717) is 16.4 Å². The maximum atomic E-state index is 11.7.